The summed E-state index contributed by atoms with van der Waals surface area (Å²) in [6.45, 7) is 5.48. The molecular formula is C20H23BrFN3O. The van der Waals surface area contributed by atoms with Gasteiger partial charge < -0.3 is 10.2 Å². The van der Waals surface area contributed by atoms with Crippen LogP contribution in [0.2, 0.25) is 0 Å². The molecule has 1 aliphatic rings. The number of hydrogen-bond donors (Lipinski definition) is 1. The van der Waals surface area contributed by atoms with Crippen LogP contribution in [-0.4, -0.2) is 48.9 Å². The van der Waals surface area contributed by atoms with Crippen molar-refractivity contribution in [2.24, 2.45) is 0 Å². The predicted octanol–water partition coefficient (Wildman–Crippen LogP) is 3.27. The van der Waals surface area contributed by atoms with E-state index in [1.54, 1.807) is 6.07 Å². The van der Waals surface area contributed by atoms with Crippen molar-refractivity contribution in [3.63, 3.8) is 0 Å². The van der Waals surface area contributed by atoms with Crippen molar-refractivity contribution < 1.29 is 9.18 Å². The van der Waals surface area contributed by atoms with E-state index in [-0.39, 0.29) is 5.56 Å². The molecule has 1 fully saturated rings. The quantitative estimate of drug-likeness (QED) is 0.807. The van der Waals surface area contributed by atoms with Crippen molar-refractivity contribution in [2.75, 3.05) is 33.2 Å². The molecule has 1 saturated heterocycles. The van der Waals surface area contributed by atoms with Gasteiger partial charge in [-0.1, -0.05) is 40.2 Å². The van der Waals surface area contributed by atoms with Gasteiger partial charge in [0.15, 0.2) is 0 Å². The normalized spacial score (nSPS) is 15.8. The van der Waals surface area contributed by atoms with Crippen LogP contribution in [0.15, 0.2) is 46.9 Å². The van der Waals surface area contributed by atoms with Crippen LogP contribution in [-0.2, 0) is 13.1 Å². The van der Waals surface area contributed by atoms with Crippen LogP contribution < -0.4 is 5.32 Å². The molecule has 2 aromatic carbocycles. The molecule has 1 N–H and O–H groups in total. The van der Waals surface area contributed by atoms with Gasteiger partial charge in [-0.3, -0.25) is 9.69 Å². The Morgan fingerprint density at radius 3 is 2.50 bits per heavy atom. The van der Waals surface area contributed by atoms with E-state index in [4.69, 9.17) is 0 Å². The summed E-state index contributed by atoms with van der Waals surface area (Å²) in [6, 6.07) is 12.6. The molecule has 0 aliphatic carbocycles. The van der Waals surface area contributed by atoms with Crippen molar-refractivity contribution in [2.45, 2.75) is 13.1 Å². The monoisotopic (exact) mass is 419 g/mol. The van der Waals surface area contributed by atoms with E-state index < -0.39 is 11.7 Å². The minimum absolute atomic E-state index is 0.0600. The largest absolute Gasteiger partial charge is 0.348 e. The van der Waals surface area contributed by atoms with Gasteiger partial charge in [-0.15, -0.1) is 0 Å². The van der Waals surface area contributed by atoms with Gasteiger partial charge in [0.1, 0.15) is 5.82 Å². The average Bonchev–Trinajstić information content (AvgIpc) is 2.62. The minimum Gasteiger partial charge on any atom is -0.348 e. The first-order valence-corrected chi connectivity index (χ1v) is 9.53. The number of nitrogens with zero attached hydrogens (tertiary/aromatic N) is 2. The Labute approximate surface area is 162 Å². The van der Waals surface area contributed by atoms with E-state index in [0.29, 0.717) is 11.0 Å². The summed E-state index contributed by atoms with van der Waals surface area (Å²) in [6.07, 6.45) is 0. The Morgan fingerprint density at radius 1 is 1.12 bits per heavy atom. The van der Waals surface area contributed by atoms with Gasteiger partial charge in [0.2, 0.25) is 0 Å². The third kappa shape index (κ3) is 4.90. The maximum absolute atomic E-state index is 13.9. The highest BCUT2D eigenvalue weighted by atomic mass is 79.9. The second-order valence-corrected chi connectivity index (χ2v) is 7.57. The molecule has 2 aromatic rings. The van der Waals surface area contributed by atoms with Crippen LogP contribution in [0.25, 0.3) is 0 Å². The van der Waals surface area contributed by atoms with Crippen LogP contribution >= 0.6 is 15.9 Å². The second-order valence-electron chi connectivity index (χ2n) is 6.65. The summed E-state index contributed by atoms with van der Waals surface area (Å²) in [4.78, 5) is 17.1. The van der Waals surface area contributed by atoms with Crippen LogP contribution in [0, 0.1) is 5.82 Å². The highest BCUT2D eigenvalue weighted by Gasteiger charge is 2.16. The molecule has 1 amide bonds. The van der Waals surface area contributed by atoms with Crippen molar-refractivity contribution in [1.29, 1.82) is 0 Å². The summed E-state index contributed by atoms with van der Waals surface area (Å²) in [5, 5.41) is 2.84. The fourth-order valence-electron chi connectivity index (χ4n) is 3.08. The van der Waals surface area contributed by atoms with Gasteiger partial charge in [0.05, 0.1) is 5.56 Å². The number of halogens is 2. The van der Waals surface area contributed by atoms with Gasteiger partial charge in [-0.25, -0.2) is 4.39 Å². The molecule has 0 spiro atoms. The number of carbonyl (C=O) groups excluding carboxylic acids is 1. The first-order valence-electron chi connectivity index (χ1n) is 8.74. The first kappa shape index (κ1) is 19.0. The number of piperazine rings is 1. The van der Waals surface area contributed by atoms with Gasteiger partial charge in [0.25, 0.3) is 5.91 Å². The Bertz CT molecular complexity index is 775. The maximum Gasteiger partial charge on any atom is 0.254 e. The standard InChI is InChI=1S/C20H23BrFN3O/c1-24-8-10-25(11-9-24)14-16-5-3-2-4-15(16)13-23-20(26)18-7-6-17(21)12-19(18)22/h2-7,12H,8-11,13-14H2,1H3,(H,23,26). The fraction of sp³-hybridized carbons (Fsp3) is 0.350. The summed E-state index contributed by atoms with van der Waals surface area (Å²) < 4.78 is 14.6. The van der Waals surface area contributed by atoms with E-state index in [2.05, 4.69) is 44.2 Å². The van der Waals surface area contributed by atoms with Gasteiger partial charge in [-0.2, -0.15) is 0 Å². The van der Waals surface area contributed by atoms with Gasteiger partial charge in [0, 0.05) is 43.7 Å². The average molecular weight is 420 g/mol. The molecule has 26 heavy (non-hydrogen) atoms. The van der Waals surface area contributed by atoms with Crippen LogP contribution in [0.1, 0.15) is 21.5 Å². The lowest BCUT2D eigenvalue weighted by atomic mass is 10.1. The van der Waals surface area contributed by atoms with E-state index >= 15 is 0 Å². The number of benzene rings is 2. The summed E-state index contributed by atoms with van der Waals surface area (Å²) in [5.74, 6) is -0.924. The highest BCUT2D eigenvalue weighted by molar-refractivity contribution is 9.10. The summed E-state index contributed by atoms with van der Waals surface area (Å²) in [7, 11) is 2.14. The second kappa shape index (κ2) is 8.75. The van der Waals surface area contributed by atoms with E-state index in [9.17, 15) is 9.18 Å². The lowest BCUT2D eigenvalue weighted by molar-refractivity contribution is 0.0946. The Hall–Kier alpha value is -1.76. The molecule has 0 atom stereocenters. The smallest absolute Gasteiger partial charge is 0.254 e. The lowest BCUT2D eigenvalue weighted by Crippen LogP contribution is -2.44. The molecule has 6 heteroatoms. The van der Waals surface area contributed by atoms with E-state index in [0.717, 1.165) is 38.3 Å². The molecular weight excluding hydrogens is 397 g/mol. The maximum atomic E-state index is 13.9. The Kier molecular flexibility index (Phi) is 6.40. The van der Waals surface area contributed by atoms with Gasteiger partial charge in [-0.05, 0) is 36.4 Å². The van der Waals surface area contributed by atoms with Crippen molar-refractivity contribution >= 4 is 21.8 Å². The zero-order valence-electron chi connectivity index (χ0n) is 14.8. The van der Waals surface area contributed by atoms with Crippen molar-refractivity contribution in [1.82, 2.24) is 15.1 Å². The number of hydrogen-bond acceptors (Lipinski definition) is 3. The zero-order valence-corrected chi connectivity index (χ0v) is 16.4. The van der Waals surface area contributed by atoms with E-state index in [1.807, 2.05) is 18.2 Å². The molecule has 0 saturated carbocycles. The van der Waals surface area contributed by atoms with Gasteiger partial charge >= 0.3 is 0 Å². The number of nitrogens with one attached hydrogen (secondary N) is 1. The van der Waals surface area contributed by atoms with Crippen LogP contribution in [0.4, 0.5) is 4.39 Å². The number of amides is 1. The Morgan fingerprint density at radius 2 is 1.81 bits per heavy atom. The highest BCUT2D eigenvalue weighted by Crippen LogP contribution is 2.16. The third-order valence-electron chi connectivity index (χ3n) is 4.72. The molecule has 3 rings (SSSR count). The van der Waals surface area contributed by atoms with E-state index in [1.165, 1.54) is 17.7 Å². The first-order chi connectivity index (χ1) is 12.5. The lowest BCUT2D eigenvalue weighted by Gasteiger charge is -2.32. The molecule has 0 unspecified atom stereocenters. The molecule has 0 radical (unpaired) electrons. The number of carbonyl (C=O) groups is 1. The molecule has 0 bridgehead atoms. The molecule has 4 nitrogen and oxygen atoms in total. The summed E-state index contributed by atoms with van der Waals surface area (Å²) >= 11 is 3.20. The zero-order chi connectivity index (χ0) is 18.5. The predicted molar refractivity (Wildman–Crippen MR) is 104 cm³/mol. The molecule has 0 aromatic heterocycles. The fourth-order valence-corrected chi connectivity index (χ4v) is 3.41. The molecule has 1 heterocycles. The topological polar surface area (TPSA) is 35.6 Å². The minimum atomic E-state index is -0.525. The number of likely N-dealkylation sites (N-methyl/N-ethyl adjacent to an activating group) is 1. The van der Waals surface area contributed by atoms with Crippen molar-refractivity contribution in [3.05, 3.63) is 69.4 Å². The Balaban J connectivity index is 1.64. The SMILES string of the molecule is CN1CCN(Cc2ccccc2CNC(=O)c2ccc(Br)cc2F)CC1. The van der Waals surface area contributed by atoms with Crippen molar-refractivity contribution in [3.8, 4) is 0 Å². The van der Waals surface area contributed by atoms with Crippen LogP contribution in [0.5, 0.6) is 0 Å². The summed E-state index contributed by atoms with van der Waals surface area (Å²) in [5.41, 5.74) is 2.33. The molecule has 1 aliphatic heterocycles. The molecule has 138 valence electrons. The third-order valence-corrected chi connectivity index (χ3v) is 5.22. The van der Waals surface area contributed by atoms with Crippen LogP contribution in [0.3, 0.4) is 0 Å². The number of rotatable bonds is 5.